The fourth-order valence-corrected chi connectivity index (χ4v) is 1.44. The Bertz CT molecular complexity index is 339. The molecule has 0 unspecified atom stereocenters. The van der Waals surface area contributed by atoms with Gasteiger partial charge in [0, 0.05) is 0 Å². The van der Waals surface area contributed by atoms with E-state index in [1.807, 2.05) is 22.6 Å². The van der Waals surface area contributed by atoms with Crippen LogP contribution in [0.25, 0.3) is 0 Å². The van der Waals surface area contributed by atoms with Crippen molar-refractivity contribution in [2.75, 3.05) is 13.2 Å². The van der Waals surface area contributed by atoms with Crippen LogP contribution in [0.5, 0.6) is 5.75 Å². The van der Waals surface area contributed by atoms with Crippen LogP contribution in [-0.2, 0) is 6.18 Å². The first-order chi connectivity index (χ1) is 6.95. The molecule has 84 valence electrons. The van der Waals surface area contributed by atoms with Crippen LogP contribution in [0, 0.1) is 3.57 Å². The highest BCUT2D eigenvalue weighted by Gasteiger charge is 2.31. The Morgan fingerprint density at radius 3 is 2.53 bits per heavy atom. The van der Waals surface area contributed by atoms with Crippen LogP contribution in [0.3, 0.4) is 0 Å². The molecule has 1 aromatic carbocycles. The number of alkyl halides is 3. The third kappa shape index (κ3) is 3.53. The fraction of sp³-hybridized carbons (Fsp3) is 0.333. The molecule has 0 atom stereocenters. The number of ether oxygens (including phenoxy) is 1. The molecule has 2 nitrogen and oxygen atoms in total. The van der Waals surface area contributed by atoms with E-state index in [2.05, 4.69) is 0 Å². The summed E-state index contributed by atoms with van der Waals surface area (Å²) in [6.45, 7) is -0.246. The minimum absolute atomic E-state index is 0.0166. The van der Waals surface area contributed by atoms with Gasteiger partial charge < -0.3 is 9.84 Å². The number of rotatable bonds is 3. The van der Waals surface area contributed by atoms with Gasteiger partial charge in [-0.1, -0.05) is 0 Å². The number of hydrogen-bond donors (Lipinski definition) is 1. The minimum atomic E-state index is -4.37. The Balaban J connectivity index is 2.95. The molecule has 0 heterocycles. The summed E-state index contributed by atoms with van der Waals surface area (Å²) in [7, 11) is 0. The van der Waals surface area contributed by atoms with E-state index < -0.39 is 11.7 Å². The lowest BCUT2D eigenvalue weighted by Crippen LogP contribution is -2.07. The van der Waals surface area contributed by atoms with Gasteiger partial charge in [0.25, 0.3) is 0 Å². The molecule has 0 spiro atoms. The number of aliphatic hydroxyl groups excluding tert-OH is 1. The molecule has 0 aliphatic rings. The highest BCUT2D eigenvalue weighted by Crippen LogP contribution is 2.33. The minimum Gasteiger partial charge on any atom is -0.490 e. The molecule has 0 saturated heterocycles. The first-order valence-electron chi connectivity index (χ1n) is 4.05. The molecule has 1 rings (SSSR count). The van der Waals surface area contributed by atoms with Gasteiger partial charge in [-0.3, -0.25) is 0 Å². The molecular weight excluding hydrogens is 324 g/mol. The summed E-state index contributed by atoms with van der Waals surface area (Å²) in [5.74, 6) is 0.138. The Hall–Kier alpha value is -0.500. The molecule has 6 heteroatoms. The van der Waals surface area contributed by atoms with E-state index in [0.29, 0.717) is 3.57 Å². The Morgan fingerprint density at radius 1 is 1.33 bits per heavy atom. The molecule has 15 heavy (non-hydrogen) atoms. The van der Waals surface area contributed by atoms with Crippen molar-refractivity contribution in [2.45, 2.75) is 6.18 Å². The van der Waals surface area contributed by atoms with Crippen LogP contribution in [0.15, 0.2) is 18.2 Å². The van der Waals surface area contributed by atoms with Crippen LogP contribution >= 0.6 is 22.6 Å². The number of halogens is 4. The molecule has 0 aromatic heterocycles. The maximum atomic E-state index is 12.3. The average Bonchev–Trinajstić information content (AvgIpc) is 2.15. The SMILES string of the molecule is OCCOc1cc(C(F)(F)F)ccc1I. The van der Waals surface area contributed by atoms with E-state index in [-0.39, 0.29) is 19.0 Å². The first kappa shape index (κ1) is 12.6. The summed E-state index contributed by atoms with van der Waals surface area (Å²) in [6.07, 6.45) is -4.37. The van der Waals surface area contributed by atoms with Crippen LogP contribution in [-0.4, -0.2) is 18.3 Å². The van der Waals surface area contributed by atoms with Gasteiger partial charge in [-0.2, -0.15) is 13.2 Å². The van der Waals surface area contributed by atoms with Crippen molar-refractivity contribution in [3.8, 4) is 5.75 Å². The predicted octanol–water partition coefficient (Wildman–Crippen LogP) is 2.68. The second-order valence-corrected chi connectivity index (χ2v) is 3.88. The number of hydrogen-bond acceptors (Lipinski definition) is 2. The molecule has 1 N–H and O–H groups in total. The molecule has 0 fully saturated rings. The topological polar surface area (TPSA) is 29.5 Å². The molecule has 0 amide bonds. The highest BCUT2D eigenvalue weighted by atomic mass is 127. The zero-order valence-electron chi connectivity index (χ0n) is 7.51. The standard InChI is InChI=1S/C9H8F3IO2/c10-9(11,12)6-1-2-7(13)8(5-6)15-4-3-14/h1-2,5,14H,3-4H2. The smallest absolute Gasteiger partial charge is 0.416 e. The van der Waals surface area contributed by atoms with Gasteiger partial charge in [0.2, 0.25) is 0 Å². The van der Waals surface area contributed by atoms with E-state index in [9.17, 15) is 13.2 Å². The van der Waals surface area contributed by atoms with Gasteiger partial charge in [0.1, 0.15) is 12.4 Å². The highest BCUT2D eigenvalue weighted by molar-refractivity contribution is 14.1. The molecule has 0 radical (unpaired) electrons. The monoisotopic (exact) mass is 332 g/mol. The van der Waals surface area contributed by atoms with Crippen molar-refractivity contribution in [1.29, 1.82) is 0 Å². The lowest BCUT2D eigenvalue weighted by atomic mass is 10.2. The Kier molecular flexibility index (Phi) is 4.21. The van der Waals surface area contributed by atoms with Gasteiger partial charge >= 0.3 is 6.18 Å². The van der Waals surface area contributed by atoms with E-state index in [4.69, 9.17) is 9.84 Å². The second kappa shape index (κ2) is 5.02. The van der Waals surface area contributed by atoms with Crippen molar-refractivity contribution >= 4 is 22.6 Å². The summed E-state index contributed by atoms with van der Waals surface area (Å²) >= 11 is 1.87. The zero-order chi connectivity index (χ0) is 11.5. The van der Waals surface area contributed by atoms with Gasteiger partial charge in [0.05, 0.1) is 15.7 Å². The van der Waals surface area contributed by atoms with Crippen LogP contribution in [0.4, 0.5) is 13.2 Å². The maximum absolute atomic E-state index is 12.3. The van der Waals surface area contributed by atoms with Crippen molar-refractivity contribution in [1.82, 2.24) is 0 Å². The fourth-order valence-electron chi connectivity index (χ4n) is 0.946. The van der Waals surface area contributed by atoms with Crippen LogP contribution in [0.1, 0.15) is 5.56 Å². The van der Waals surface area contributed by atoms with E-state index in [1.54, 1.807) is 0 Å². The maximum Gasteiger partial charge on any atom is 0.416 e. The molecule has 0 saturated carbocycles. The van der Waals surface area contributed by atoms with Gasteiger partial charge in [0.15, 0.2) is 0 Å². The third-order valence-corrected chi connectivity index (χ3v) is 2.50. The quantitative estimate of drug-likeness (QED) is 0.863. The van der Waals surface area contributed by atoms with E-state index >= 15 is 0 Å². The molecule has 0 bridgehead atoms. The van der Waals surface area contributed by atoms with E-state index in [0.717, 1.165) is 12.1 Å². The average molecular weight is 332 g/mol. The molecule has 1 aromatic rings. The van der Waals surface area contributed by atoms with E-state index in [1.165, 1.54) is 6.07 Å². The summed E-state index contributed by atoms with van der Waals surface area (Å²) < 4.78 is 42.5. The lowest BCUT2D eigenvalue weighted by molar-refractivity contribution is -0.137. The number of benzene rings is 1. The Labute approximate surface area is 98.2 Å². The van der Waals surface area contributed by atoms with Crippen LogP contribution in [0.2, 0.25) is 0 Å². The van der Waals surface area contributed by atoms with Gasteiger partial charge in [-0.15, -0.1) is 0 Å². The molecule has 0 aliphatic heterocycles. The summed E-state index contributed by atoms with van der Waals surface area (Å²) in [4.78, 5) is 0. The third-order valence-electron chi connectivity index (χ3n) is 1.61. The first-order valence-corrected chi connectivity index (χ1v) is 5.13. The summed E-state index contributed by atoms with van der Waals surface area (Å²) in [5, 5.41) is 8.50. The largest absolute Gasteiger partial charge is 0.490 e. The normalized spacial score (nSPS) is 11.5. The van der Waals surface area contributed by atoms with Crippen molar-refractivity contribution in [3.63, 3.8) is 0 Å². The van der Waals surface area contributed by atoms with Crippen molar-refractivity contribution < 1.29 is 23.0 Å². The Morgan fingerprint density at radius 2 is 2.00 bits per heavy atom. The van der Waals surface area contributed by atoms with Crippen LogP contribution < -0.4 is 4.74 Å². The van der Waals surface area contributed by atoms with Gasteiger partial charge in [-0.05, 0) is 40.8 Å². The molecule has 0 aliphatic carbocycles. The zero-order valence-corrected chi connectivity index (χ0v) is 9.67. The van der Waals surface area contributed by atoms with Gasteiger partial charge in [-0.25, -0.2) is 0 Å². The summed E-state index contributed by atoms with van der Waals surface area (Å²) in [5.41, 5.74) is -0.754. The number of aliphatic hydroxyl groups is 1. The second-order valence-electron chi connectivity index (χ2n) is 2.72. The predicted molar refractivity (Wildman–Crippen MR) is 56.7 cm³/mol. The molecular formula is C9H8F3IO2. The lowest BCUT2D eigenvalue weighted by Gasteiger charge is -2.11. The summed E-state index contributed by atoms with van der Waals surface area (Å²) in [6, 6.07) is 3.25. The van der Waals surface area contributed by atoms with Crippen molar-refractivity contribution in [3.05, 3.63) is 27.3 Å². The van der Waals surface area contributed by atoms with Crippen molar-refractivity contribution in [2.24, 2.45) is 0 Å².